The van der Waals surface area contributed by atoms with Gasteiger partial charge in [-0.05, 0) is 23.1 Å². The van der Waals surface area contributed by atoms with Crippen LogP contribution in [0.25, 0.3) is 0 Å². The molecule has 96 valence electrons. The predicted molar refractivity (Wildman–Crippen MR) is 76.0 cm³/mol. The molecule has 2 aromatic rings. The first-order valence-corrected chi connectivity index (χ1v) is 6.82. The van der Waals surface area contributed by atoms with Crippen molar-refractivity contribution >= 4 is 11.8 Å². The second-order valence-corrected chi connectivity index (χ2v) is 6.26. The van der Waals surface area contributed by atoms with Crippen molar-refractivity contribution in [2.45, 2.75) is 36.1 Å². The Hall–Kier alpha value is -1.86. The molecule has 1 aromatic carbocycles. The van der Waals surface area contributed by atoms with Crippen molar-refractivity contribution in [1.29, 1.82) is 5.26 Å². The van der Waals surface area contributed by atoms with Crippen LogP contribution in [0.4, 0.5) is 0 Å². The first-order chi connectivity index (χ1) is 9.00. The standard InChI is InChI=1S/C15H15N3S/c1-15(2,3)11-4-6-12(7-5-11)19-14-13(10-16)17-8-9-18-14/h4-9H,1-3H3. The molecular weight excluding hydrogens is 254 g/mol. The van der Waals surface area contributed by atoms with Gasteiger partial charge < -0.3 is 0 Å². The second-order valence-electron chi connectivity index (χ2n) is 5.20. The summed E-state index contributed by atoms with van der Waals surface area (Å²) >= 11 is 1.46. The summed E-state index contributed by atoms with van der Waals surface area (Å²) in [5.41, 5.74) is 1.80. The fraction of sp³-hybridized carbons (Fsp3) is 0.267. The van der Waals surface area contributed by atoms with Gasteiger partial charge in [-0.25, -0.2) is 9.97 Å². The molecule has 0 aliphatic rings. The Morgan fingerprint density at radius 1 is 1.05 bits per heavy atom. The van der Waals surface area contributed by atoms with E-state index in [4.69, 9.17) is 5.26 Å². The summed E-state index contributed by atoms with van der Waals surface area (Å²) in [6, 6.07) is 10.4. The summed E-state index contributed by atoms with van der Waals surface area (Å²) in [6.07, 6.45) is 3.14. The van der Waals surface area contributed by atoms with E-state index in [2.05, 4.69) is 61.1 Å². The Morgan fingerprint density at radius 3 is 2.26 bits per heavy atom. The second kappa shape index (κ2) is 5.41. The van der Waals surface area contributed by atoms with Crippen LogP contribution in [-0.4, -0.2) is 9.97 Å². The first kappa shape index (κ1) is 13.6. The van der Waals surface area contributed by atoms with Crippen molar-refractivity contribution in [3.05, 3.63) is 47.9 Å². The van der Waals surface area contributed by atoms with Gasteiger partial charge in [0.2, 0.25) is 0 Å². The normalized spacial score (nSPS) is 11.1. The van der Waals surface area contributed by atoms with Crippen LogP contribution in [0.15, 0.2) is 46.6 Å². The Kier molecular flexibility index (Phi) is 3.87. The minimum atomic E-state index is 0.146. The van der Waals surface area contributed by atoms with Crippen LogP contribution in [-0.2, 0) is 5.41 Å². The van der Waals surface area contributed by atoms with E-state index < -0.39 is 0 Å². The van der Waals surface area contributed by atoms with E-state index in [0.29, 0.717) is 10.7 Å². The fourth-order valence-electron chi connectivity index (χ4n) is 1.61. The van der Waals surface area contributed by atoms with Gasteiger partial charge in [0.1, 0.15) is 11.1 Å². The maximum atomic E-state index is 8.98. The molecule has 0 bridgehead atoms. The molecule has 0 fully saturated rings. The summed E-state index contributed by atoms with van der Waals surface area (Å²) in [5, 5.41) is 9.63. The third-order valence-electron chi connectivity index (χ3n) is 2.71. The lowest BCUT2D eigenvalue weighted by Crippen LogP contribution is -2.10. The zero-order valence-electron chi connectivity index (χ0n) is 11.2. The van der Waals surface area contributed by atoms with Crippen LogP contribution < -0.4 is 0 Å². The third kappa shape index (κ3) is 3.33. The highest BCUT2D eigenvalue weighted by molar-refractivity contribution is 7.99. The lowest BCUT2D eigenvalue weighted by Gasteiger charge is -2.18. The van der Waals surface area contributed by atoms with Gasteiger partial charge in [-0.2, -0.15) is 5.26 Å². The minimum absolute atomic E-state index is 0.146. The van der Waals surface area contributed by atoms with Gasteiger partial charge in [-0.3, -0.25) is 0 Å². The Balaban J connectivity index is 2.23. The van der Waals surface area contributed by atoms with Crippen LogP contribution in [0.2, 0.25) is 0 Å². The number of benzene rings is 1. The third-order valence-corrected chi connectivity index (χ3v) is 3.71. The van der Waals surface area contributed by atoms with Gasteiger partial charge in [-0.1, -0.05) is 44.7 Å². The molecule has 0 aliphatic heterocycles. The van der Waals surface area contributed by atoms with Gasteiger partial charge in [-0.15, -0.1) is 0 Å². The number of rotatable bonds is 2. The van der Waals surface area contributed by atoms with E-state index in [-0.39, 0.29) is 5.41 Å². The zero-order chi connectivity index (χ0) is 13.9. The Morgan fingerprint density at radius 2 is 1.68 bits per heavy atom. The quantitative estimate of drug-likeness (QED) is 0.832. The predicted octanol–water partition coefficient (Wildman–Crippen LogP) is 3.80. The number of nitriles is 1. The number of aromatic nitrogens is 2. The topological polar surface area (TPSA) is 49.6 Å². The number of hydrogen-bond acceptors (Lipinski definition) is 4. The molecule has 19 heavy (non-hydrogen) atoms. The van der Waals surface area contributed by atoms with Crippen molar-refractivity contribution in [3.8, 4) is 6.07 Å². The molecule has 0 saturated carbocycles. The largest absolute Gasteiger partial charge is 0.245 e. The van der Waals surface area contributed by atoms with Gasteiger partial charge >= 0.3 is 0 Å². The van der Waals surface area contributed by atoms with E-state index in [1.54, 1.807) is 6.20 Å². The number of nitrogens with zero attached hydrogens (tertiary/aromatic N) is 3. The van der Waals surface area contributed by atoms with Crippen LogP contribution in [0, 0.1) is 11.3 Å². The van der Waals surface area contributed by atoms with Crippen molar-refractivity contribution < 1.29 is 0 Å². The van der Waals surface area contributed by atoms with E-state index in [0.717, 1.165) is 4.90 Å². The molecule has 0 atom stereocenters. The molecule has 0 spiro atoms. The molecule has 0 N–H and O–H groups in total. The summed E-state index contributed by atoms with van der Waals surface area (Å²) < 4.78 is 0. The van der Waals surface area contributed by atoms with Crippen LogP contribution >= 0.6 is 11.8 Å². The van der Waals surface area contributed by atoms with Crippen molar-refractivity contribution in [1.82, 2.24) is 9.97 Å². The molecule has 0 radical (unpaired) electrons. The molecule has 0 saturated heterocycles. The smallest absolute Gasteiger partial charge is 0.173 e. The fourth-order valence-corrected chi connectivity index (χ4v) is 2.42. The molecule has 1 aromatic heterocycles. The summed E-state index contributed by atoms with van der Waals surface area (Å²) in [7, 11) is 0. The molecule has 2 rings (SSSR count). The van der Waals surface area contributed by atoms with Gasteiger partial charge in [0.05, 0.1) is 0 Å². The molecule has 0 unspecified atom stereocenters. The lowest BCUT2D eigenvalue weighted by molar-refractivity contribution is 0.590. The maximum absolute atomic E-state index is 8.98. The average molecular weight is 269 g/mol. The van der Waals surface area contributed by atoms with Gasteiger partial charge in [0, 0.05) is 17.3 Å². The lowest BCUT2D eigenvalue weighted by atomic mass is 9.87. The van der Waals surface area contributed by atoms with Crippen LogP contribution in [0.3, 0.4) is 0 Å². The molecule has 3 nitrogen and oxygen atoms in total. The zero-order valence-corrected chi connectivity index (χ0v) is 12.0. The van der Waals surface area contributed by atoms with Crippen molar-refractivity contribution in [2.24, 2.45) is 0 Å². The molecule has 0 aliphatic carbocycles. The molecule has 4 heteroatoms. The summed E-state index contributed by atoms with van der Waals surface area (Å²) in [4.78, 5) is 9.26. The average Bonchev–Trinajstić information content (AvgIpc) is 2.39. The first-order valence-electron chi connectivity index (χ1n) is 6.00. The highest BCUT2D eigenvalue weighted by Gasteiger charge is 2.13. The van der Waals surface area contributed by atoms with Crippen molar-refractivity contribution in [2.75, 3.05) is 0 Å². The minimum Gasteiger partial charge on any atom is -0.245 e. The van der Waals surface area contributed by atoms with E-state index >= 15 is 0 Å². The van der Waals surface area contributed by atoms with Crippen LogP contribution in [0.1, 0.15) is 32.0 Å². The summed E-state index contributed by atoms with van der Waals surface area (Å²) in [6.45, 7) is 6.56. The SMILES string of the molecule is CC(C)(C)c1ccc(Sc2nccnc2C#N)cc1. The van der Waals surface area contributed by atoms with E-state index in [9.17, 15) is 0 Å². The molecule has 0 amide bonds. The van der Waals surface area contributed by atoms with Crippen LogP contribution in [0.5, 0.6) is 0 Å². The number of hydrogen-bond donors (Lipinski definition) is 0. The highest BCUT2D eigenvalue weighted by Crippen LogP contribution is 2.30. The monoisotopic (exact) mass is 269 g/mol. The van der Waals surface area contributed by atoms with Gasteiger partial charge in [0.25, 0.3) is 0 Å². The Labute approximate surface area is 117 Å². The molecule has 1 heterocycles. The highest BCUT2D eigenvalue weighted by atomic mass is 32.2. The van der Waals surface area contributed by atoms with Crippen molar-refractivity contribution in [3.63, 3.8) is 0 Å². The van der Waals surface area contributed by atoms with E-state index in [1.165, 1.54) is 23.5 Å². The maximum Gasteiger partial charge on any atom is 0.173 e. The Bertz CT molecular complexity index is 607. The van der Waals surface area contributed by atoms with E-state index in [1.807, 2.05) is 0 Å². The van der Waals surface area contributed by atoms with Gasteiger partial charge in [0.15, 0.2) is 5.69 Å². The summed E-state index contributed by atoms with van der Waals surface area (Å²) in [5.74, 6) is 0. The molecular formula is C15H15N3S.